The summed E-state index contributed by atoms with van der Waals surface area (Å²) >= 11 is 9.28. The Morgan fingerprint density at radius 3 is 2.18 bits per heavy atom. The number of likely N-dealkylation sites (N-methyl/N-ethyl adjacent to an activating group) is 1. The maximum atomic E-state index is 10.7. The summed E-state index contributed by atoms with van der Waals surface area (Å²) in [5.41, 5.74) is 0. The second kappa shape index (κ2) is 9.54. The van der Waals surface area contributed by atoms with Gasteiger partial charge in [0, 0.05) is 7.05 Å². The zero-order valence-corrected chi connectivity index (χ0v) is 13.2. The summed E-state index contributed by atoms with van der Waals surface area (Å²) in [5.74, 6) is 0. The summed E-state index contributed by atoms with van der Waals surface area (Å²) in [6.45, 7) is -0.730. The fourth-order valence-corrected chi connectivity index (χ4v) is 1.30. The number of thiocarbonyl (C=S) groups is 1. The average molecular weight is 291 g/mol. The molecule has 0 aromatic heterocycles. The van der Waals surface area contributed by atoms with Gasteiger partial charge in [-0.3, -0.25) is 0 Å². The Kier molecular flexibility index (Phi) is 11.2. The van der Waals surface area contributed by atoms with Crippen LogP contribution in [0.3, 0.4) is 0 Å². The van der Waals surface area contributed by atoms with Crippen molar-refractivity contribution in [2.45, 2.75) is 24.4 Å². The zero-order chi connectivity index (χ0) is 12.9. The summed E-state index contributed by atoms with van der Waals surface area (Å²) in [7, 11) is 1.38. The zero-order valence-electron chi connectivity index (χ0n) is 9.55. The molecule has 0 aromatic carbocycles. The van der Waals surface area contributed by atoms with E-state index in [-0.39, 0.29) is 33.9 Å². The second-order valence-corrected chi connectivity index (χ2v) is 4.27. The van der Waals surface area contributed by atoms with E-state index >= 15 is 0 Å². The first-order valence-corrected chi connectivity index (χ1v) is 5.22. The first-order valence-electron chi connectivity index (χ1n) is 4.41. The number of nitrogens with zero attached hydrogens (tertiary/aromatic N) is 1. The third-order valence-electron chi connectivity index (χ3n) is 2.16. The van der Waals surface area contributed by atoms with E-state index in [0.717, 1.165) is 4.90 Å². The van der Waals surface area contributed by atoms with Crippen molar-refractivity contribution in [3.05, 3.63) is 0 Å². The molecule has 6 nitrogen and oxygen atoms in total. The van der Waals surface area contributed by atoms with Crippen LogP contribution in [0.4, 0.5) is 0 Å². The van der Waals surface area contributed by atoms with Crippen LogP contribution in [0.15, 0.2) is 0 Å². The minimum absolute atomic E-state index is 0. The molecule has 0 aromatic rings. The van der Waals surface area contributed by atoms with E-state index in [4.69, 9.17) is 10.2 Å². The monoisotopic (exact) mass is 291 g/mol. The molecule has 0 heterocycles. The molecule has 0 aliphatic heterocycles. The molecule has 0 bridgehead atoms. The minimum Gasteiger partial charge on any atom is -0.411 e. The number of hydrogen-bond donors (Lipinski definition) is 4. The van der Waals surface area contributed by atoms with E-state index in [1.165, 1.54) is 7.05 Å². The number of carbonyl (C=O) groups is 1. The van der Waals surface area contributed by atoms with Crippen LogP contribution in [0.1, 0.15) is 0 Å². The minimum atomic E-state index is -1.66. The van der Waals surface area contributed by atoms with Crippen LogP contribution in [0.25, 0.3) is 0 Å². The maximum absolute atomic E-state index is 10.7. The number of aliphatic hydroxyl groups is 4. The molecule has 0 aliphatic carbocycles. The quantitative estimate of drug-likeness (QED) is 0.166. The van der Waals surface area contributed by atoms with Crippen LogP contribution >= 0.6 is 12.2 Å². The van der Waals surface area contributed by atoms with E-state index in [2.05, 4.69) is 24.8 Å². The first kappa shape index (κ1) is 19.9. The Labute approximate surface area is 132 Å². The summed E-state index contributed by atoms with van der Waals surface area (Å²) in [6.07, 6.45) is -4.43. The molecule has 0 saturated heterocycles. The third-order valence-corrected chi connectivity index (χ3v) is 2.73. The molecule has 9 heteroatoms. The van der Waals surface area contributed by atoms with Crippen LogP contribution in [-0.2, 0) is 17.4 Å². The van der Waals surface area contributed by atoms with Gasteiger partial charge in [0.05, 0.1) is 6.61 Å². The standard InChI is InChI=1S/C8H15NO5S2.Na/c1-9(8(15)16)4(2-10)6(13)7(14)5(12)3-11;/h2,4-7,11-14H,3H2,1H3,(H,15,16);/q;+1/p-1/t4-,5+,6+,7+;/m0./s1. The predicted octanol–water partition coefficient (Wildman–Crippen LogP) is -5.60. The Balaban J connectivity index is 0. The van der Waals surface area contributed by atoms with Crippen LogP contribution in [0.5, 0.6) is 0 Å². The van der Waals surface area contributed by atoms with Crippen LogP contribution < -0.4 is 29.6 Å². The van der Waals surface area contributed by atoms with Crippen molar-refractivity contribution in [2.75, 3.05) is 13.7 Å². The Morgan fingerprint density at radius 1 is 1.41 bits per heavy atom. The molecule has 0 radical (unpaired) electrons. The number of aliphatic hydroxyl groups excluding tert-OH is 4. The van der Waals surface area contributed by atoms with Crippen LogP contribution in [0, 0.1) is 0 Å². The largest absolute Gasteiger partial charge is 1.00 e. The fraction of sp³-hybridized carbons (Fsp3) is 0.750. The van der Waals surface area contributed by atoms with Crippen molar-refractivity contribution >= 4 is 35.5 Å². The molecule has 4 N–H and O–H groups in total. The third kappa shape index (κ3) is 5.86. The van der Waals surface area contributed by atoms with Crippen molar-refractivity contribution in [1.29, 1.82) is 0 Å². The van der Waals surface area contributed by atoms with Gasteiger partial charge >= 0.3 is 29.6 Å². The average Bonchev–Trinajstić information content (AvgIpc) is 2.27. The molecular formula is C8H14NNaO5S2. The smallest absolute Gasteiger partial charge is 0.411 e. The van der Waals surface area contributed by atoms with Crippen molar-refractivity contribution in [3.8, 4) is 0 Å². The molecule has 4 atom stereocenters. The van der Waals surface area contributed by atoms with Gasteiger partial charge in [-0.2, -0.15) is 0 Å². The molecule has 0 amide bonds. The molecule has 0 spiro atoms. The number of hydrogen-bond acceptors (Lipinski definition) is 7. The number of aldehydes is 1. The molecule has 0 unspecified atom stereocenters. The summed E-state index contributed by atoms with van der Waals surface area (Å²) in [4.78, 5) is 11.9. The number of rotatable bonds is 6. The van der Waals surface area contributed by atoms with Crippen molar-refractivity contribution < 1.29 is 54.8 Å². The Bertz CT molecular complexity index is 258. The summed E-state index contributed by atoms with van der Waals surface area (Å²) < 4.78 is -0.0539. The van der Waals surface area contributed by atoms with E-state index in [1.807, 2.05) is 0 Å². The summed E-state index contributed by atoms with van der Waals surface area (Å²) in [5, 5.41) is 36.7. The van der Waals surface area contributed by atoms with Crippen LogP contribution in [0.2, 0.25) is 0 Å². The van der Waals surface area contributed by atoms with Gasteiger partial charge < -0.3 is 55.0 Å². The van der Waals surface area contributed by atoms with Gasteiger partial charge in [0.2, 0.25) is 0 Å². The van der Waals surface area contributed by atoms with Gasteiger partial charge in [0.25, 0.3) is 0 Å². The SMILES string of the molecule is CN(C(=S)[S-])[C@@H](C=O)[C@@H](O)[C@H](O)[C@H](O)CO.[Na+]. The Morgan fingerprint density at radius 2 is 1.88 bits per heavy atom. The summed E-state index contributed by atoms with van der Waals surface area (Å²) in [6, 6.07) is -1.17. The molecule has 17 heavy (non-hydrogen) atoms. The first-order chi connectivity index (χ1) is 7.36. The molecule has 0 rings (SSSR count). The van der Waals surface area contributed by atoms with Gasteiger partial charge in [0.1, 0.15) is 30.6 Å². The fourth-order valence-electron chi connectivity index (χ4n) is 1.06. The van der Waals surface area contributed by atoms with Gasteiger partial charge in [0.15, 0.2) is 0 Å². The van der Waals surface area contributed by atoms with Gasteiger partial charge in [-0.25, -0.2) is 0 Å². The number of carbonyl (C=O) groups excluding carboxylic acids is 1. The molecule has 0 saturated carbocycles. The van der Waals surface area contributed by atoms with Crippen LogP contribution in [-0.4, -0.2) is 73.9 Å². The Hall–Kier alpha value is 0.620. The molecular weight excluding hydrogens is 277 g/mol. The van der Waals surface area contributed by atoms with E-state index < -0.39 is 31.0 Å². The van der Waals surface area contributed by atoms with E-state index in [1.54, 1.807) is 0 Å². The molecule has 94 valence electrons. The van der Waals surface area contributed by atoms with E-state index in [9.17, 15) is 15.0 Å². The maximum Gasteiger partial charge on any atom is 1.00 e. The predicted molar refractivity (Wildman–Crippen MR) is 62.7 cm³/mol. The molecule has 0 aliphatic rings. The second-order valence-electron chi connectivity index (χ2n) is 3.23. The van der Waals surface area contributed by atoms with Crippen molar-refractivity contribution in [1.82, 2.24) is 4.90 Å². The van der Waals surface area contributed by atoms with E-state index in [0.29, 0.717) is 6.29 Å². The van der Waals surface area contributed by atoms with Gasteiger partial charge in [-0.15, -0.1) is 0 Å². The molecule has 0 fully saturated rings. The van der Waals surface area contributed by atoms with Gasteiger partial charge in [-0.05, 0) is 0 Å². The topological polar surface area (TPSA) is 101 Å². The van der Waals surface area contributed by atoms with Crippen molar-refractivity contribution in [3.63, 3.8) is 0 Å². The normalized spacial score (nSPS) is 17.2. The van der Waals surface area contributed by atoms with Gasteiger partial charge in [-0.1, -0.05) is 4.32 Å². The van der Waals surface area contributed by atoms with Crippen molar-refractivity contribution in [2.24, 2.45) is 0 Å².